The molecule has 1 aromatic carbocycles. The lowest BCUT2D eigenvalue weighted by Crippen LogP contribution is -2.50. The van der Waals surface area contributed by atoms with Crippen LogP contribution in [0.5, 0.6) is 0 Å². The Balaban J connectivity index is 1.66. The van der Waals surface area contributed by atoms with Gasteiger partial charge >= 0.3 is 0 Å². The number of morpholine rings is 1. The van der Waals surface area contributed by atoms with Gasteiger partial charge < -0.3 is 9.64 Å². The van der Waals surface area contributed by atoms with Crippen molar-refractivity contribution < 1.29 is 14.3 Å². The molecule has 0 aromatic heterocycles. The van der Waals surface area contributed by atoms with E-state index in [1.807, 2.05) is 35.2 Å². The summed E-state index contributed by atoms with van der Waals surface area (Å²) in [7, 11) is 0. The SMILES string of the molecule is O=C(C1CC2(CCCCC2)C(=O)N1c1ccccc1)N1CCOCC1. The molecule has 3 fully saturated rings. The summed E-state index contributed by atoms with van der Waals surface area (Å²) in [6.07, 6.45) is 5.88. The van der Waals surface area contributed by atoms with E-state index < -0.39 is 0 Å². The number of hydrogen-bond donors (Lipinski definition) is 0. The fraction of sp³-hybridized carbons (Fsp3) is 0.600. The number of rotatable bonds is 2. The van der Waals surface area contributed by atoms with Crippen molar-refractivity contribution in [2.24, 2.45) is 5.41 Å². The second kappa shape index (κ2) is 6.79. The van der Waals surface area contributed by atoms with Crippen LogP contribution in [0, 0.1) is 5.41 Å². The van der Waals surface area contributed by atoms with Crippen LogP contribution < -0.4 is 4.90 Å². The first-order valence-electron chi connectivity index (χ1n) is 9.47. The van der Waals surface area contributed by atoms with Gasteiger partial charge in [-0.1, -0.05) is 37.5 Å². The Kier molecular flexibility index (Phi) is 4.50. The van der Waals surface area contributed by atoms with Crippen LogP contribution in [0.15, 0.2) is 30.3 Å². The summed E-state index contributed by atoms with van der Waals surface area (Å²) in [5, 5.41) is 0. The number of amides is 2. The van der Waals surface area contributed by atoms with Gasteiger partial charge in [0.25, 0.3) is 0 Å². The molecular formula is C20H26N2O3. The molecule has 1 unspecified atom stereocenters. The highest BCUT2D eigenvalue weighted by atomic mass is 16.5. The van der Waals surface area contributed by atoms with Gasteiger partial charge in [-0.25, -0.2) is 0 Å². The van der Waals surface area contributed by atoms with E-state index >= 15 is 0 Å². The van der Waals surface area contributed by atoms with Crippen LogP contribution in [0.1, 0.15) is 38.5 Å². The molecule has 2 amide bonds. The van der Waals surface area contributed by atoms with Crippen LogP contribution in [-0.2, 0) is 14.3 Å². The molecule has 1 aromatic rings. The van der Waals surface area contributed by atoms with Crippen LogP contribution in [0.2, 0.25) is 0 Å². The monoisotopic (exact) mass is 342 g/mol. The number of ether oxygens (including phenoxy) is 1. The highest BCUT2D eigenvalue weighted by Gasteiger charge is 2.54. The summed E-state index contributed by atoms with van der Waals surface area (Å²) in [6, 6.07) is 9.33. The molecule has 1 atom stereocenters. The quantitative estimate of drug-likeness (QED) is 0.830. The van der Waals surface area contributed by atoms with Gasteiger partial charge in [-0.3, -0.25) is 14.5 Å². The minimum Gasteiger partial charge on any atom is -0.378 e. The van der Waals surface area contributed by atoms with Crippen LogP contribution in [0.4, 0.5) is 5.69 Å². The number of para-hydroxylation sites is 1. The van der Waals surface area contributed by atoms with Crippen molar-refractivity contribution in [1.82, 2.24) is 4.90 Å². The molecule has 1 spiro atoms. The van der Waals surface area contributed by atoms with Gasteiger partial charge in [0.2, 0.25) is 11.8 Å². The van der Waals surface area contributed by atoms with Crippen molar-refractivity contribution in [2.75, 3.05) is 31.2 Å². The van der Waals surface area contributed by atoms with Crippen molar-refractivity contribution in [3.63, 3.8) is 0 Å². The standard InChI is InChI=1S/C20H26N2O3/c23-18(21-11-13-25-14-12-21)17-15-20(9-5-2-6-10-20)19(24)22(17)16-7-3-1-4-8-16/h1,3-4,7-8,17H,2,5-6,9-15H2. The van der Waals surface area contributed by atoms with Gasteiger partial charge in [-0.05, 0) is 31.4 Å². The van der Waals surface area contributed by atoms with Gasteiger partial charge in [0.1, 0.15) is 6.04 Å². The van der Waals surface area contributed by atoms with E-state index in [-0.39, 0.29) is 23.3 Å². The van der Waals surface area contributed by atoms with E-state index in [4.69, 9.17) is 4.74 Å². The molecule has 4 rings (SSSR count). The summed E-state index contributed by atoms with van der Waals surface area (Å²) in [4.78, 5) is 30.3. The number of carbonyl (C=O) groups excluding carboxylic acids is 2. The molecule has 2 aliphatic heterocycles. The molecule has 5 nitrogen and oxygen atoms in total. The smallest absolute Gasteiger partial charge is 0.245 e. The third-order valence-electron chi connectivity index (χ3n) is 6.02. The number of nitrogens with zero attached hydrogens (tertiary/aromatic N) is 2. The fourth-order valence-electron chi connectivity index (χ4n) is 4.67. The van der Waals surface area contributed by atoms with Gasteiger partial charge in [-0.2, -0.15) is 0 Å². The molecule has 1 aliphatic carbocycles. The van der Waals surface area contributed by atoms with E-state index in [1.54, 1.807) is 4.90 Å². The van der Waals surface area contributed by atoms with E-state index in [0.717, 1.165) is 31.4 Å². The maximum absolute atomic E-state index is 13.4. The van der Waals surface area contributed by atoms with Gasteiger partial charge in [0.15, 0.2) is 0 Å². The second-order valence-corrected chi connectivity index (χ2v) is 7.51. The van der Waals surface area contributed by atoms with Crippen LogP contribution in [0.25, 0.3) is 0 Å². The Labute approximate surface area is 148 Å². The number of carbonyl (C=O) groups is 2. The Hall–Kier alpha value is -1.88. The van der Waals surface area contributed by atoms with Crippen molar-refractivity contribution >= 4 is 17.5 Å². The molecule has 0 radical (unpaired) electrons. The third kappa shape index (κ3) is 2.95. The van der Waals surface area contributed by atoms with Crippen molar-refractivity contribution in [3.8, 4) is 0 Å². The minimum atomic E-state index is -0.369. The normalized spacial score (nSPS) is 26.2. The molecular weight excluding hydrogens is 316 g/mol. The molecule has 2 heterocycles. The van der Waals surface area contributed by atoms with E-state index in [2.05, 4.69) is 0 Å². The summed E-state index contributed by atoms with van der Waals surface area (Å²) >= 11 is 0. The summed E-state index contributed by atoms with van der Waals surface area (Å²) in [6.45, 7) is 2.42. The molecule has 2 saturated heterocycles. The molecule has 0 bridgehead atoms. The maximum Gasteiger partial charge on any atom is 0.245 e. The van der Waals surface area contributed by atoms with E-state index in [9.17, 15) is 9.59 Å². The first-order valence-corrected chi connectivity index (χ1v) is 9.47. The highest BCUT2D eigenvalue weighted by Crippen LogP contribution is 2.48. The predicted octanol–water partition coefficient (Wildman–Crippen LogP) is 2.60. The largest absolute Gasteiger partial charge is 0.378 e. The van der Waals surface area contributed by atoms with E-state index in [0.29, 0.717) is 32.7 Å². The number of hydrogen-bond acceptors (Lipinski definition) is 3. The highest BCUT2D eigenvalue weighted by molar-refractivity contribution is 6.07. The number of benzene rings is 1. The Bertz CT molecular complexity index is 634. The number of anilines is 1. The zero-order valence-corrected chi connectivity index (χ0v) is 14.7. The molecule has 25 heavy (non-hydrogen) atoms. The fourth-order valence-corrected chi connectivity index (χ4v) is 4.67. The summed E-state index contributed by atoms with van der Waals surface area (Å²) in [5.41, 5.74) is 0.516. The summed E-state index contributed by atoms with van der Waals surface area (Å²) < 4.78 is 5.38. The Morgan fingerprint density at radius 2 is 1.72 bits per heavy atom. The van der Waals surface area contributed by atoms with E-state index in [1.165, 1.54) is 6.42 Å². The third-order valence-corrected chi connectivity index (χ3v) is 6.02. The molecule has 134 valence electrons. The first-order chi connectivity index (χ1) is 12.2. The van der Waals surface area contributed by atoms with Crippen LogP contribution in [0.3, 0.4) is 0 Å². The van der Waals surface area contributed by atoms with Gasteiger partial charge in [0, 0.05) is 18.8 Å². The lowest BCUT2D eigenvalue weighted by atomic mass is 9.72. The maximum atomic E-state index is 13.4. The zero-order valence-electron chi connectivity index (χ0n) is 14.7. The van der Waals surface area contributed by atoms with Crippen molar-refractivity contribution in [2.45, 2.75) is 44.6 Å². The van der Waals surface area contributed by atoms with Crippen LogP contribution in [-0.4, -0.2) is 49.1 Å². The molecule has 0 N–H and O–H groups in total. The van der Waals surface area contributed by atoms with Crippen molar-refractivity contribution in [1.29, 1.82) is 0 Å². The van der Waals surface area contributed by atoms with Gasteiger partial charge in [0.05, 0.1) is 18.6 Å². The van der Waals surface area contributed by atoms with Crippen molar-refractivity contribution in [3.05, 3.63) is 30.3 Å². The molecule has 1 saturated carbocycles. The zero-order chi connectivity index (χ0) is 17.3. The van der Waals surface area contributed by atoms with Gasteiger partial charge in [-0.15, -0.1) is 0 Å². The lowest BCUT2D eigenvalue weighted by Gasteiger charge is -2.32. The summed E-state index contributed by atoms with van der Waals surface area (Å²) in [5.74, 6) is 0.243. The first kappa shape index (κ1) is 16.6. The predicted molar refractivity (Wildman–Crippen MR) is 95.3 cm³/mol. The molecule has 5 heteroatoms. The average Bonchev–Trinajstić information content (AvgIpc) is 2.95. The molecule has 3 aliphatic rings. The average molecular weight is 342 g/mol. The Morgan fingerprint density at radius 1 is 1.04 bits per heavy atom. The lowest BCUT2D eigenvalue weighted by molar-refractivity contribution is -0.137. The second-order valence-electron chi connectivity index (χ2n) is 7.51. The topological polar surface area (TPSA) is 49.9 Å². The van der Waals surface area contributed by atoms with Crippen LogP contribution >= 0.6 is 0 Å². The minimum absolute atomic E-state index is 0.0861. The Morgan fingerprint density at radius 3 is 2.40 bits per heavy atom.